The molecule has 2 atom stereocenters. The molecule has 29 heavy (non-hydrogen) atoms. The van der Waals surface area contributed by atoms with Crippen LogP contribution in [0.15, 0.2) is 60.8 Å². The molecule has 0 fully saturated rings. The van der Waals surface area contributed by atoms with E-state index >= 15 is 0 Å². The number of aromatic nitrogens is 1. The summed E-state index contributed by atoms with van der Waals surface area (Å²) in [5, 5.41) is 6.72. The van der Waals surface area contributed by atoms with E-state index in [2.05, 4.69) is 15.6 Å². The maximum Gasteiger partial charge on any atom is 0.408 e. The largest absolute Gasteiger partial charge is 0.445 e. The lowest BCUT2D eigenvalue weighted by Crippen LogP contribution is -2.50. The Labute approximate surface area is 170 Å². The van der Waals surface area contributed by atoms with Crippen LogP contribution >= 0.6 is 0 Å². The summed E-state index contributed by atoms with van der Waals surface area (Å²) in [7, 11) is 0. The van der Waals surface area contributed by atoms with E-state index in [1.165, 1.54) is 0 Å². The van der Waals surface area contributed by atoms with Gasteiger partial charge in [0.2, 0.25) is 5.91 Å². The molecule has 0 aliphatic carbocycles. The minimum absolute atomic E-state index is 0.0232. The Hall–Kier alpha value is -3.28. The van der Waals surface area contributed by atoms with E-state index in [9.17, 15) is 9.59 Å². The zero-order valence-corrected chi connectivity index (χ0v) is 16.8. The minimum Gasteiger partial charge on any atom is -0.445 e. The number of alkyl carbamates (subject to hydrolysis) is 1. The molecule has 0 spiro atoms. The lowest BCUT2D eigenvalue weighted by atomic mass is 10.0. The normalized spacial score (nSPS) is 12.9. The number of hydrogen-bond acceptors (Lipinski definition) is 3. The van der Waals surface area contributed by atoms with Gasteiger partial charge in [-0.25, -0.2) is 4.79 Å². The van der Waals surface area contributed by atoms with Crippen molar-refractivity contribution in [3.05, 3.63) is 71.9 Å². The maximum absolute atomic E-state index is 12.8. The van der Waals surface area contributed by atoms with Crippen LogP contribution in [0.2, 0.25) is 0 Å². The summed E-state index contributed by atoms with van der Waals surface area (Å²) in [6, 6.07) is 16.6. The Balaban J connectivity index is 1.70. The standard InChI is InChI=1S/C23H27N3O3/c1-3-16(2)25-22(27)21(13-18-14-24-20-12-8-7-11-19(18)20)26-23(28)29-15-17-9-5-4-6-10-17/h4-12,14,16,21,24H,3,13,15H2,1-2H3,(H,25,27)(H,26,28)/t16-,21-/m1/s1. The molecule has 1 heterocycles. The number of nitrogens with one attached hydrogen (secondary N) is 3. The predicted molar refractivity (Wildman–Crippen MR) is 113 cm³/mol. The van der Waals surface area contributed by atoms with Gasteiger partial charge in [-0.05, 0) is 30.5 Å². The predicted octanol–water partition coefficient (Wildman–Crippen LogP) is 3.92. The van der Waals surface area contributed by atoms with Gasteiger partial charge in [-0.1, -0.05) is 55.5 Å². The van der Waals surface area contributed by atoms with Gasteiger partial charge in [-0.3, -0.25) is 4.79 Å². The molecular weight excluding hydrogens is 366 g/mol. The first-order valence-corrected chi connectivity index (χ1v) is 9.89. The number of ether oxygens (including phenoxy) is 1. The molecule has 0 saturated carbocycles. The summed E-state index contributed by atoms with van der Waals surface area (Å²) in [4.78, 5) is 28.4. The van der Waals surface area contributed by atoms with E-state index in [1.54, 1.807) is 0 Å². The molecule has 0 aliphatic heterocycles. The van der Waals surface area contributed by atoms with Crippen molar-refractivity contribution in [2.75, 3.05) is 0 Å². The van der Waals surface area contributed by atoms with Crippen LogP contribution in [0.5, 0.6) is 0 Å². The number of amides is 2. The smallest absolute Gasteiger partial charge is 0.408 e. The number of benzene rings is 2. The average molecular weight is 393 g/mol. The molecule has 152 valence electrons. The molecule has 2 amide bonds. The van der Waals surface area contributed by atoms with Crippen LogP contribution in [0, 0.1) is 0 Å². The van der Waals surface area contributed by atoms with Gasteiger partial charge < -0.3 is 20.4 Å². The van der Waals surface area contributed by atoms with Gasteiger partial charge in [0.15, 0.2) is 0 Å². The quantitative estimate of drug-likeness (QED) is 0.542. The van der Waals surface area contributed by atoms with Crippen molar-refractivity contribution >= 4 is 22.9 Å². The molecule has 0 unspecified atom stereocenters. The topological polar surface area (TPSA) is 83.2 Å². The first kappa shape index (κ1) is 20.5. The Kier molecular flexibility index (Phi) is 6.89. The molecule has 3 aromatic rings. The van der Waals surface area contributed by atoms with Crippen LogP contribution < -0.4 is 10.6 Å². The molecule has 0 saturated heterocycles. The van der Waals surface area contributed by atoms with E-state index in [0.717, 1.165) is 28.5 Å². The first-order chi connectivity index (χ1) is 14.1. The molecule has 3 rings (SSSR count). The van der Waals surface area contributed by atoms with Crippen molar-refractivity contribution in [2.45, 2.75) is 45.4 Å². The Morgan fingerprint density at radius 2 is 1.76 bits per heavy atom. The van der Waals surface area contributed by atoms with E-state index in [-0.39, 0.29) is 18.6 Å². The van der Waals surface area contributed by atoms with Gasteiger partial charge in [-0.15, -0.1) is 0 Å². The summed E-state index contributed by atoms with van der Waals surface area (Å²) in [5.74, 6) is -0.221. The van der Waals surface area contributed by atoms with Gasteiger partial charge in [-0.2, -0.15) is 0 Å². The van der Waals surface area contributed by atoms with Gasteiger partial charge >= 0.3 is 6.09 Å². The van der Waals surface area contributed by atoms with Gasteiger partial charge in [0, 0.05) is 29.6 Å². The number of hydrogen-bond donors (Lipinski definition) is 3. The summed E-state index contributed by atoms with van der Waals surface area (Å²) < 4.78 is 5.31. The van der Waals surface area contributed by atoms with Crippen molar-refractivity contribution in [3.8, 4) is 0 Å². The van der Waals surface area contributed by atoms with E-state index < -0.39 is 12.1 Å². The number of H-pyrrole nitrogens is 1. The highest BCUT2D eigenvalue weighted by atomic mass is 16.5. The lowest BCUT2D eigenvalue weighted by molar-refractivity contribution is -0.123. The van der Waals surface area contributed by atoms with Crippen molar-refractivity contribution in [2.24, 2.45) is 0 Å². The second kappa shape index (κ2) is 9.78. The SMILES string of the molecule is CC[C@@H](C)NC(=O)[C@@H](Cc1c[nH]c2ccccc12)NC(=O)OCc1ccccc1. The van der Waals surface area contributed by atoms with Crippen molar-refractivity contribution in [1.82, 2.24) is 15.6 Å². The summed E-state index contributed by atoms with van der Waals surface area (Å²) in [5.41, 5.74) is 2.85. The number of rotatable bonds is 8. The zero-order valence-electron chi connectivity index (χ0n) is 16.8. The van der Waals surface area contributed by atoms with Gasteiger partial charge in [0.25, 0.3) is 0 Å². The van der Waals surface area contributed by atoms with Crippen LogP contribution in [-0.4, -0.2) is 29.1 Å². The third kappa shape index (κ3) is 5.60. The second-order valence-corrected chi connectivity index (χ2v) is 7.14. The minimum atomic E-state index is -0.730. The van der Waals surface area contributed by atoms with Gasteiger partial charge in [0.05, 0.1) is 0 Å². The molecule has 0 radical (unpaired) electrons. The number of fused-ring (bicyclic) bond motifs is 1. The fourth-order valence-corrected chi connectivity index (χ4v) is 3.08. The van der Waals surface area contributed by atoms with Crippen LogP contribution in [0.3, 0.4) is 0 Å². The Bertz CT molecular complexity index is 952. The van der Waals surface area contributed by atoms with Crippen LogP contribution in [0.25, 0.3) is 10.9 Å². The number of aromatic amines is 1. The third-order valence-corrected chi connectivity index (χ3v) is 4.92. The first-order valence-electron chi connectivity index (χ1n) is 9.89. The van der Waals surface area contributed by atoms with E-state index in [0.29, 0.717) is 6.42 Å². The molecule has 0 aliphatic rings. The fourth-order valence-electron chi connectivity index (χ4n) is 3.08. The molecular formula is C23H27N3O3. The van der Waals surface area contributed by atoms with Crippen molar-refractivity contribution in [3.63, 3.8) is 0 Å². The fraction of sp³-hybridized carbons (Fsp3) is 0.304. The monoisotopic (exact) mass is 393 g/mol. The highest BCUT2D eigenvalue weighted by molar-refractivity contribution is 5.88. The maximum atomic E-state index is 12.8. The molecule has 0 bridgehead atoms. The molecule has 6 nitrogen and oxygen atoms in total. The average Bonchev–Trinajstić information content (AvgIpc) is 3.15. The molecule has 1 aromatic heterocycles. The van der Waals surface area contributed by atoms with Crippen LogP contribution in [0.1, 0.15) is 31.4 Å². The van der Waals surface area contributed by atoms with Crippen molar-refractivity contribution < 1.29 is 14.3 Å². The number of carbonyl (C=O) groups is 2. The summed E-state index contributed by atoms with van der Waals surface area (Å²) in [6.07, 6.45) is 2.44. The molecule has 3 N–H and O–H groups in total. The number of carbonyl (C=O) groups excluding carboxylic acids is 2. The van der Waals surface area contributed by atoms with Crippen LogP contribution in [-0.2, 0) is 22.6 Å². The third-order valence-electron chi connectivity index (χ3n) is 4.92. The zero-order chi connectivity index (χ0) is 20.6. The summed E-state index contributed by atoms with van der Waals surface area (Å²) >= 11 is 0. The van der Waals surface area contributed by atoms with Gasteiger partial charge in [0.1, 0.15) is 12.6 Å². The molecule has 6 heteroatoms. The molecule has 2 aromatic carbocycles. The van der Waals surface area contributed by atoms with E-state index in [1.807, 2.05) is 74.6 Å². The Morgan fingerprint density at radius 3 is 2.52 bits per heavy atom. The number of para-hydroxylation sites is 1. The highest BCUT2D eigenvalue weighted by Gasteiger charge is 2.24. The Morgan fingerprint density at radius 1 is 1.03 bits per heavy atom. The van der Waals surface area contributed by atoms with Crippen LogP contribution in [0.4, 0.5) is 4.79 Å². The van der Waals surface area contributed by atoms with Crippen molar-refractivity contribution in [1.29, 1.82) is 0 Å². The lowest BCUT2D eigenvalue weighted by Gasteiger charge is -2.20. The van der Waals surface area contributed by atoms with E-state index in [4.69, 9.17) is 4.74 Å². The summed E-state index contributed by atoms with van der Waals surface area (Å²) in [6.45, 7) is 4.09. The second-order valence-electron chi connectivity index (χ2n) is 7.14. The highest BCUT2D eigenvalue weighted by Crippen LogP contribution is 2.19.